The monoisotopic (exact) mass is 693 g/mol. The van der Waals surface area contributed by atoms with Gasteiger partial charge in [-0.25, -0.2) is 13.4 Å². The first-order chi connectivity index (χ1) is 22.1. The van der Waals surface area contributed by atoms with Crippen molar-refractivity contribution in [1.82, 2.24) is 0 Å². The van der Waals surface area contributed by atoms with Crippen molar-refractivity contribution >= 4 is 48.3 Å². The Morgan fingerprint density at radius 3 is 1.92 bits per heavy atom. The van der Waals surface area contributed by atoms with E-state index in [9.17, 15) is 13.0 Å². The second kappa shape index (κ2) is 14.8. The standard InChI is InChI=1S/C35H30N2O4S.CH4O3S.Na/c1-21-9-7-10-22(2)34(21)36-25-15-17-27-30(19-25)41-31-20-26(37-35-23(3)11-8-12-24(35)4)16-18-28(31)33(27)29-13-5-6-14-32(29)42(38,39)40;1-5(2,3)4;/h5-20,36H,1-4H3,(H,38,39,40);1H3,(H,2,3,4);/q;;+1. The van der Waals surface area contributed by atoms with Gasteiger partial charge in [0, 0.05) is 63.0 Å². The van der Waals surface area contributed by atoms with Crippen molar-refractivity contribution in [3.05, 3.63) is 125 Å². The van der Waals surface area contributed by atoms with Gasteiger partial charge in [0.2, 0.25) is 11.0 Å². The molecule has 242 valence electrons. The molecule has 9 nitrogen and oxygen atoms in total. The van der Waals surface area contributed by atoms with Gasteiger partial charge in [-0.05, 0) is 63.1 Å². The molecular weight excluding hydrogens is 660 g/mol. The summed E-state index contributed by atoms with van der Waals surface area (Å²) in [5.41, 5.74) is 9.72. The quantitative estimate of drug-likeness (QED) is 0.142. The normalized spacial score (nSPS) is 11.9. The molecule has 0 saturated carbocycles. The Morgan fingerprint density at radius 1 is 0.729 bits per heavy atom. The number of para-hydroxylation sites is 2. The van der Waals surface area contributed by atoms with Gasteiger partial charge in [-0.1, -0.05) is 54.6 Å². The third-order valence-corrected chi connectivity index (χ3v) is 8.57. The first-order valence-corrected chi connectivity index (χ1v) is 17.8. The molecule has 0 saturated heterocycles. The maximum atomic E-state index is 12.5. The van der Waals surface area contributed by atoms with E-state index < -0.39 is 20.2 Å². The molecule has 0 bridgehead atoms. The molecule has 1 aliphatic carbocycles. The topological polar surface area (TPSA) is 151 Å². The van der Waals surface area contributed by atoms with E-state index in [0.717, 1.165) is 55.6 Å². The average Bonchev–Trinajstić information content (AvgIpc) is 2.98. The second-order valence-electron chi connectivity index (χ2n) is 11.4. The molecule has 0 aromatic heterocycles. The molecule has 12 heteroatoms. The Balaban J connectivity index is 0.000000808. The van der Waals surface area contributed by atoms with Crippen LogP contribution in [0.1, 0.15) is 22.3 Å². The van der Waals surface area contributed by atoms with E-state index in [-0.39, 0.29) is 34.5 Å². The largest absolute Gasteiger partial charge is 1.00 e. The summed E-state index contributed by atoms with van der Waals surface area (Å²) in [6.07, 6.45) is 0.604. The molecule has 0 spiro atoms. The van der Waals surface area contributed by atoms with Gasteiger partial charge in [0.1, 0.15) is 16.2 Å². The van der Waals surface area contributed by atoms with Crippen molar-refractivity contribution in [3.63, 3.8) is 0 Å². The molecule has 4 aromatic rings. The summed E-state index contributed by atoms with van der Waals surface area (Å²) in [6, 6.07) is 30.4. The van der Waals surface area contributed by atoms with Crippen molar-refractivity contribution in [2.75, 3.05) is 11.6 Å². The van der Waals surface area contributed by atoms with Crippen LogP contribution < -0.4 is 45.2 Å². The molecule has 1 heterocycles. The Morgan fingerprint density at radius 2 is 1.31 bits per heavy atom. The molecule has 4 aromatic carbocycles. The maximum absolute atomic E-state index is 12.5. The van der Waals surface area contributed by atoms with E-state index in [0.29, 0.717) is 28.7 Å². The van der Waals surface area contributed by atoms with Crippen molar-refractivity contribution < 1.29 is 64.9 Å². The Labute approximate surface area is 302 Å². The van der Waals surface area contributed by atoms with Crippen molar-refractivity contribution in [1.29, 1.82) is 0 Å². The number of benzene rings is 5. The fourth-order valence-electron chi connectivity index (χ4n) is 5.55. The van der Waals surface area contributed by atoms with Gasteiger partial charge in [0.05, 0.1) is 16.2 Å². The molecule has 6 rings (SSSR count). The first-order valence-electron chi connectivity index (χ1n) is 14.6. The number of anilines is 2. The van der Waals surface area contributed by atoms with Crippen LogP contribution in [-0.2, 0) is 20.2 Å². The Hall–Kier alpha value is -3.81. The van der Waals surface area contributed by atoms with Crippen LogP contribution in [0.25, 0.3) is 33.4 Å². The summed E-state index contributed by atoms with van der Waals surface area (Å²) < 4.78 is 68.8. The van der Waals surface area contributed by atoms with E-state index in [4.69, 9.17) is 17.4 Å². The number of rotatable bonds is 5. The van der Waals surface area contributed by atoms with E-state index in [1.807, 2.05) is 48.5 Å². The Kier molecular flexibility index (Phi) is 11.4. The molecule has 0 amide bonds. The predicted octanol–water partition coefficient (Wildman–Crippen LogP) is 2.91. The van der Waals surface area contributed by atoms with E-state index in [1.54, 1.807) is 18.2 Å². The predicted molar refractivity (Wildman–Crippen MR) is 183 cm³/mol. The summed E-state index contributed by atoms with van der Waals surface area (Å²) >= 11 is 0. The van der Waals surface area contributed by atoms with E-state index in [2.05, 4.69) is 62.3 Å². The summed E-state index contributed by atoms with van der Waals surface area (Å²) in [5, 5.41) is 5.08. The Bertz CT molecular complexity index is 2360. The molecule has 2 aliphatic rings. The molecule has 0 fully saturated rings. The van der Waals surface area contributed by atoms with Crippen LogP contribution in [0.2, 0.25) is 0 Å². The maximum Gasteiger partial charge on any atom is 1.00 e. The van der Waals surface area contributed by atoms with Gasteiger partial charge >= 0.3 is 29.6 Å². The minimum absolute atomic E-state index is 0. The average molecular weight is 694 g/mol. The summed E-state index contributed by atoms with van der Waals surface area (Å²) in [5.74, 6) is 0.572. The molecule has 1 aliphatic heterocycles. The van der Waals surface area contributed by atoms with Crippen LogP contribution in [0.5, 0.6) is 0 Å². The van der Waals surface area contributed by atoms with Crippen LogP contribution >= 0.6 is 0 Å². The number of aryl methyl sites for hydroxylation is 4. The second-order valence-corrected chi connectivity index (χ2v) is 14.2. The van der Waals surface area contributed by atoms with Crippen LogP contribution in [-0.4, -0.2) is 32.2 Å². The fraction of sp³-hybridized carbons (Fsp3) is 0.139. The van der Waals surface area contributed by atoms with E-state index >= 15 is 0 Å². The van der Waals surface area contributed by atoms with Crippen LogP contribution in [0.15, 0.2) is 106 Å². The van der Waals surface area contributed by atoms with E-state index in [1.165, 1.54) is 6.07 Å². The molecule has 48 heavy (non-hydrogen) atoms. The van der Waals surface area contributed by atoms with Crippen molar-refractivity contribution in [3.8, 4) is 22.5 Å². The zero-order valence-electron chi connectivity index (χ0n) is 27.5. The summed E-state index contributed by atoms with van der Waals surface area (Å²) in [7, 11) is -8.41. The molecule has 0 radical (unpaired) electrons. The molecular formula is C36H34N2NaO7S2+. The van der Waals surface area contributed by atoms with Crippen LogP contribution in [0.4, 0.5) is 17.1 Å². The van der Waals surface area contributed by atoms with Crippen LogP contribution in [0.3, 0.4) is 0 Å². The third kappa shape index (κ3) is 8.61. The number of hydrogen-bond acceptors (Lipinski definition) is 7. The number of hydrogen-bond donors (Lipinski definition) is 3. The zero-order chi connectivity index (χ0) is 34.1. The molecule has 3 N–H and O–H groups in total. The number of nitrogens with one attached hydrogen (secondary N) is 2. The SMILES string of the molecule is CS(=O)(=O)[O-].Cc1cccc(C)c1Nc1ccc2c(-c3ccccc3S(=O)(=O)O)c3ccc(=[NH+]c4c(C)cccc4C)cc-3oc2c1.[Na+]. The van der Waals surface area contributed by atoms with Gasteiger partial charge in [0.25, 0.3) is 10.1 Å². The molecule has 0 atom stereocenters. The summed E-state index contributed by atoms with van der Waals surface area (Å²) in [6.45, 7) is 8.24. The number of fused-ring (bicyclic) bond motifs is 2. The zero-order valence-corrected chi connectivity index (χ0v) is 31.1. The first kappa shape index (κ1) is 37.0. The van der Waals surface area contributed by atoms with Gasteiger partial charge in [0.15, 0.2) is 0 Å². The molecule has 0 unspecified atom stereocenters. The fourth-order valence-corrected chi connectivity index (χ4v) is 6.24. The van der Waals surface area contributed by atoms with Gasteiger partial charge in [-0.3, -0.25) is 4.55 Å². The van der Waals surface area contributed by atoms with Crippen molar-refractivity contribution in [2.24, 2.45) is 0 Å². The van der Waals surface area contributed by atoms with Crippen LogP contribution in [0, 0.1) is 27.7 Å². The van der Waals surface area contributed by atoms with Gasteiger partial charge < -0.3 is 14.3 Å². The minimum Gasteiger partial charge on any atom is -0.748 e. The smallest absolute Gasteiger partial charge is 0.748 e. The summed E-state index contributed by atoms with van der Waals surface area (Å²) in [4.78, 5) is 3.37. The minimum atomic E-state index is -4.49. The van der Waals surface area contributed by atoms with Gasteiger partial charge in [-0.2, -0.15) is 8.42 Å². The third-order valence-electron chi connectivity index (χ3n) is 7.66. The van der Waals surface area contributed by atoms with Crippen molar-refractivity contribution in [2.45, 2.75) is 32.6 Å². The van der Waals surface area contributed by atoms with Gasteiger partial charge in [-0.15, -0.1) is 0 Å².